The summed E-state index contributed by atoms with van der Waals surface area (Å²) < 4.78 is 31.5. The van der Waals surface area contributed by atoms with E-state index in [4.69, 9.17) is 19.9 Å². The van der Waals surface area contributed by atoms with Crippen LogP contribution >= 0.6 is 11.8 Å². The monoisotopic (exact) mass is 1070 g/mol. The molecule has 6 atom stereocenters. The maximum atomic E-state index is 13.6. The fourth-order valence-corrected chi connectivity index (χ4v) is 9.50. The molecule has 3 aliphatic rings. The van der Waals surface area contributed by atoms with Crippen molar-refractivity contribution in [2.45, 2.75) is 99.8 Å². The normalized spacial score (nSPS) is 22.6. The van der Waals surface area contributed by atoms with Crippen LogP contribution in [0.1, 0.15) is 56.2 Å². The standard InChI is InChI=1S/C46H67FN14O13S/c47-29-10-8-28(9-11-29)19-32-44(69)53-24-40(66)54-31(43(48)68)5-3-4-13-61-25-30(59-60-61)20-33(45(70)52-22-38(64)50-21-37(63)51-23-39(65)55-32)56-41(67)26-74-18-17-73-16-15-72-14-12-49-36(62)7-2-1-6-35-42-34(27-75-35)57-46(71)58-42/h8-11,25,31-35,42H,1-7,12-24,26-27H2,(H2,48,68)(H,49,62)(H,50,64)(H,51,63)(H,52,70)(H,53,69)(H,54,66)(H,55,65)(H,56,67)(H2,57,58,71)/t31-,32-,33-,34+,35+,42+/m0/s1. The van der Waals surface area contributed by atoms with Crippen LogP contribution in [-0.2, 0) is 76.7 Å². The number of nitrogens with one attached hydrogen (secondary N) is 10. The minimum atomic E-state index is -1.29. The van der Waals surface area contributed by atoms with E-state index in [1.54, 1.807) is 6.20 Å². The number of halogens is 1. The molecule has 1 aromatic heterocycles. The smallest absolute Gasteiger partial charge is 0.315 e. The van der Waals surface area contributed by atoms with E-state index >= 15 is 0 Å². The topological polar surface area (TPSA) is 375 Å². The van der Waals surface area contributed by atoms with Crippen molar-refractivity contribution in [3.63, 3.8) is 0 Å². The van der Waals surface area contributed by atoms with Crippen molar-refractivity contribution in [1.29, 1.82) is 0 Å². The summed E-state index contributed by atoms with van der Waals surface area (Å²) in [5, 5.41) is 34.2. The highest BCUT2D eigenvalue weighted by Gasteiger charge is 2.42. The number of nitrogens with two attached hydrogens (primary N) is 1. The van der Waals surface area contributed by atoms with E-state index in [1.165, 1.54) is 16.8 Å². The van der Waals surface area contributed by atoms with Crippen molar-refractivity contribution >= 4 is 71.0 Å². The number of rotatable bonds is 20. The van der Waals surface area contributed by atoms with Crippen molar-refractivity contribution < 1.29 is 66.5 Å². The Morgan fingerprint density at radius 2 is 1.43 bits per heavy atom. The number of ether oxygens (including phenoxy) is 3. The van der Waals surface area contributed by atoms with Gasteiger partial charge in [-0.25, -0.2) is 9.18 Å². The molecule has 75 heavy (non-hydrogen) atoms. The lowest BCUT2D eigenvalue weighted by Crippen LogP contribution is -2.53. The number of primary amides is 1. The van der Waals surface area contributed by atoms with E-state index in [-0.39, 0.29) is 69.7 Å². The summed E-state index contributed by atoms with van der Waals surface area (Å²) in [6, 6.07) is 1.70. The van der Waals surface area contributed by atoms with Gasteiger partial charge in [0.25, 0.3) is 0 Å². The Kier molecular flexibility index (Phi) is 24.9. The fraction of sp³-hybridized carbons (Fsp3) is 0.609. The molecule has 0 spiro atoms. The summed E-state index contributed by atoms with van der Waals surface area (Å²) in [6.45, 7) is -1.30. The number of hydrogen-bond donors (Lipinski definition) is 11. The Hall–Kier alpha value is -6.98. The molecule has 412 valence electrons. The van der Waals surface area contributed by atoms with E-state index in [2.05, 4.69) is 63.5 Å². The van der Waals surface area contributed by atoms with Gasteiger partial charge in [-0.05, 0) is 49.8 Å². The maximum Gasteiger partial charge on any atom is 0.315 e. The van der Waals surface area contributed by atoms with Gasteiger partial charge in [0.2, 0.25) is 53.2 Å². The van der Waals surface area contributed by atoms with Gasteiger partial charge >= 0.3 is 6.03 Å². The van der Waals surface area contributed by atoms with Gasteiger partial charge in [0.05, 0.1) is 77.0 Å². The lowest BCUT2D eigenvalue weighted by molar-refractivity contribution is -0.132. The lowest BCUT2D eigenvalue weighted by atomic mass is 10.0. The average molecular weight is 1080 g/mol. The molecule has 2 aromatic rings. The van der Waals surface area contributed by atoms with Gasteiger partial charge in [-0.1, -0.05) is 23.8 Å². The van der Waals surface area contributed by atoms with Gasteiger partial charge in [0.1, 0.15) is 30.5 Å². The van der Waals surface area contributed by atoms with Crippen LogP contribution in [0, 0.1) is 5.82 Å². The number of thioether (sulfide) groups is 1. The zero-order valence-electron chi connectivity index (χ0n) is 41.4. The average Bonchev–Trinajstić information content (AvgIpc) is 4.10. The van der Waals surface area contributed by atoms with Crippen LogP contribution in [0.3, 0.4) is 0 Å². The third-order valence-electron chi connectivity index (χ3n) is 11.8. The first-order valence-corrected chi connectivity index (χ1v) is 25.7. The van der Waals surface area contributed by atoms with Crippen LogP contribution in [0.2, 0.25) is 0 Å². The van der Waals surface area contributed by atoms with Crippen LogP contribution in [0.15, 0.2) is 30.5 Å². The SMILES string of the molecule is NC(=O)[C@@H]1CCCCn2cc(nn2)C[C@H](NC(=O)COCCOCCOCCNC(=O)CCCC[C@H]2SC[C@H]3NC(=O)N[C@H]32)C(=O)NCC(=O)NCC(=O)NCC(=O)N[C@@H](Cc2ccc(F)cc2)C(=O)NCC(=O)N1. The van der Waals surface area contributed by atoms with Crippen LogP contribution in [0.25, 0.3) is 0 Å². The summed E-state index contributed by atoms with van der Waals surface area (Å²) in [5.74, 6) is -5.91. The molecule has 2 fully saturated rings. The molecule has 2 bridgehead atoms. The second-order valence-electron chi connectivity index (χ2n) is 17.8. The van der Waals surface area contributed by atoms with Gasteiger partial charge < -0.3 is 73.1 Å². The molecule has 11 amide bonds. The number of carbonyl (C=O) groups excluding carboxylic acids is 10. The molecule has 12 N–H and O–H groups in total. The third kappa shape index (κ3) is 22.2. The van der Waals surface area contributed by atoms with E-state index in [1.807, 2.05) is 11.8 Å². The summed E-state index contributed by atoms with van der Waals surface area (Å²) in [4.78, 5) is 126. The second kappa shape index (κ2) is 31.7. The Morgan fingerprint density at radius 3 is 2.17 bits per heavy atom. The maximum absolute atomic E-state index is 13.6. The minimum Gasteiger partial charge on any atom is -0.377 e. The van der Waals surface area contributed by atoms with Crippen LogP contribution in [-0.4, -0.2) is 188 Å². The zero-order valence-corrected chi connectivity index (χ0v) is 42.2. The zero-order chi connectivity index (χ0) is 54.0. The molecular formula is C46H67FN14O13S. The Bertz CT molecular complexity index is 2280. The minimum absolute atomic E-state index is 0.0285. The van der Waals surface area contributed by atoms with E-state index < -0.39 is 104 Å². The Balaban J connectivity index is 1.03. The van der Waals surface area contributed by atoms with Crippen molar-refractivity contribution in [2.24, 2.45) is 5.73 Å². The van der Waals surface area contributed by atoms with Gasteiger partial charge in [0, 0.05) is 49.6 Å². The number of fused-ring (bicyclic) bond motifs is 3. The number of benzene rings is 1. The third-order valence-corrected chi connectivity index (χ3v) is 13.3. The predicted molar refractivity (Wildman–Crippen MR) is 264 cm³/mol. The quantitative estimate of drug-likeness (QED) is 0.0441. The molecule has 3 aliphatic heterocycles. The molecule has 5 rings (SSSR count). The van der Waals surface area contributed by atoms with Gasteiger partial charge in [-0.2, -0.15) is 11.8 Å². The van der Waals surface area contributed by atoms with Gasteiger partial charge in [0.15, 0.2) is 0 Å². The van der Waals surface area contributed by atoms with Gasteiger partial charge in [-0.15, -0.1) is 5.10 Å². The largest absolute Gasteiger partial charge is 0.377 e. The highest BCUT2D eigenvalue weighted by Crippen LogP contribution is 2.33. The Morgan fingerprint density at radius 1 is 0.760 bits per heavy atom. The first-order chi connectivity index (χ1) is 36.1. The second-order valence-corrected chi connectivity index (χ2v) is 19.0. The van der Waals surface area contributed by atoms with Crippen molar-refractivity contribution in [3.8, 4) is 0 Å². The molecule has 0 aliphatic carbocycles. The molecular weight excluding hydrogens is 1010 g/mol. The Labute approximate surface area is 435 Å². The number of amides is 11. The van der Waals surface area contributed by atoms with Crippen LogP contribution in [0.5, 0.6) is 0 Å². The number of carbonyl (C=O) groups is 10. The number of urea groups is 1. The fourth-order valence-electron chi connectivity index (χ4n) is 7.95. The number of unbranched alkanes of at least 4 members (excludes halogenated alkanes) is 1. The first-order valence-electron chi connectivity index (χ1n) is 24.7. The van der Waals surface area contributed by atoms with E-state index in [9.17, 15) is 52.3 Å². The highest BCUT2D eigenvalue weighted by molar-refractivity contribution is 8.00. The summed E-state index contributed by atoms with van der Waals surface area (Å²) in [5.41, 5.74) is 6.30. The molecule has 2 saturated heterocycles. The van der Waals surface area contributed by atoms with Crippen LogP contribution in [0.4, 0.5) is 9.18 Å². The van der Waals surface area contributed by atoms with Gasteiger partial charge in [-0.3, -0.25) is 47.8 Å². The molecule has 0 unspecified atom stereocenters. The van der Waals surface area contributed by atoms with Crippen molar-refractivity contribution in [3.05, 3.63) is 47.5 Å². The number of aryl methyl sites for hydroxylation is 1. The molecule has 0 saturated carbocycles. The number of hydrogen-bond acceptors (Lipinski definition) is 16. The first kappa shape index (κ1) is 58.9. The molecule has 1 aromatic carbocycles. The van der Waals surface area contributed by atoms with E-state index in [0.29, 0.717) is 55.5 Å². The number of nitrogens with zero attached hydrogens (tertiary/aromatic N) is 3. The molecule has 4 heterocycles. The van der Waals surface area contributed by atoms with Crippen LogP contribution < -0.4 is 58.9 Å². The lowest BCUT2D eigenvalue weighted by Gasteiger charge is -2.20. The molecule has 27 nitrogen and oxygen atoms in total. The number of aromatic nitrogens is 3. The highest BCUT2D eigenvalue weighted by atomic mass is 32.2. The summed E-state index contributed by atoms with van der Waals surface area (Å²) >= 11 is 1.85. The van der Waals surface area contributed by atoms with E-state index in [0.717, 1.165) is 37.1 Å². The van der Waals surface area contributed by atoms with Crippen molar-refractivity contribution in [2.75, 3.05) is 78.1 Å². The molecule has 0 radical (unpaired) electrons. The summed E-state index contributed by atoms with van der Waals surface area (Å²) in [7, 11) is 0. The van der Waals surface area contributed by atoms with Crippen molar-refractivity contribution in [1.82, 2.24) is 68.2 Å². The summed E-state index contributed by atoms with van der Waals surface area (Å²) in [6.07, 6.45) is 5.20. The molecule has 29 heteroatoms. The predicted octanol–water partition coefficient (Wildman–Crippen LogP) is -4.32.